The minimum Gasteiger partial charge on any atom is -0.481 e. The average Bonchev–Trinajstić information content (AvgIpc) is 2.63. The van der Waals surface area contributed by atoms with E-state index in [4.69, 9.17) is 19.7 Å². The lowest BCUT2D eigenvalue weighted by atomic mass is 10.2. The van der Waals surface area contributed by atoms with E-state index < -0.39 is 24.1 Å². The molecule has 0 heterocycles. The van der Waals surface area contributed by atoms with Crippen LogP contribution in [-0.2, 0) is 33.4 Å². The lowest BCUT2D eigenvalue weighted by Crippen LogP contribution is -2.33. The van der Waals surface area contributed by atoms with Gasteiger partial charge in [-0.05, 0) is 0 Å². The molecule has 0 aliphatic carbocycles. The first-order valence-electron chi connectivity index (χ1n) is 9.03. The maximum Gasteiger partial charge on any atom is 0.310 e. The number of carbonyl (C=O) groups is 5. The van der Waals surface area contributed by atoms with Crippen LogP contribution in [0.1, 0.15) is 25.7 Å². The van der Waals surface area contributed by atoms with Gasteiger partial charge in [0.25, 0.3) is 0 Å². The topological polar surface area (TPSA) is 168 Å². The second kappa shape index (κ2) is 17.9. The summed E-state index contributed by atoms with van der Waals surface area (Å²) in [5.41, 5.74) is 0. The Morgan fingerprint density at radius 1 is 0.724 bits per heavy atom. The van der Waals surface area contributed by atoms with Crippen molar-refractivity contribution < 1.29 is 43.7 Å². The highest BCUT2D eigenvalue weighted by atomic mass is 32.2. The fourth-order valence-electron chi connectivity index (χ4n) is 1.81. The second-order valence-corrected chi connectivity index (χ2v) is 6.84. The van der Waals surface area contributed by atoms with Gasteiger partial charge < -0.3 is 30.3 Å². The van der Waals surface area contributed by atoms with E-state index >= 15 is 0 Å². The Morgan fingerprint density at radius 2 is 1.38 bits per heavy atom. The van der Waals surface area contributed by atoms with E-state index in [0.717, 1.165) is 0 Å². The molecule has 2 amide bonds. The number of thioether (sulfide) groups is 1. The lowest BCUT2D eigenvalue weighted by molar-refractivity contribution is -0.140. The predicted octanol–water partition coefficient (Wildman–Crippen LogP) is -0.716. The Morgan fingerprint density at radius 3 is 2.03 bits per heavy atom. The number of nitrogens with one attached hydrogen (secondary N) is 2. The Hall–Kier alpha value is -2.18. The highest BCUT2D eigenvalue weighted by molar-refractivity contribution is 7.99. The van der Waals surface area contributed by atoms with Crippen molar-refractivity contribution in [2.24, 2.45) is 0 Å². The van der Waals surface area contributed by atoms with Crippen LogP contribution in [0.15, 0.2) is 0 Å². The summed E-state index contributed by atoms with van der Waals surface area (Å²) in [6.45, 7) is 1.44. The Balaban J connectivity index is 3.41. The molecule has 29 heavy (non-hydrogen) atoms. The van der Waals surface area contributed by atoms with Gasteiger partial charge in [0.15, 0.2) is 0 Å². The molecule has 11 nitrogen and oxygen atoms in total. The molecule has 166 valence electrons. The van der Waals surface area contributed by atoms with Crippen molar-refractivity contribution in [2.45, 2.75) is 25.7 Å². The molecule has 0 saturated heterocycles. The van der Waals surface area contributed by atoms with E-state index in [-0.39, 0.29) is 69.8 Å². The molecular formula is C17H28N2O9S. The first-order chi connectivity index (χ1) is 13.8. The number of hydrogen-bond donors (Lipinski definition) is 4. The van der Waals surface area contributed by atoms with Gasteiger partial charge in [-0.2, -0.15) is 11.8 Å². The van der Waals surface area contributed by atoms with Crippen LogP contribution in [0.25, 0.3) is 0 Å². The van der Waals surface area contributed by atoms with E-state index in [1.54, 1.807) is 0 Å². The van der Waals surface area contributed by atoms with Crippen LogP contribution in [0.4, 0.5) is 0 Å². The van der Waals surface area contributed by atoms with E-state index in [1.807, 2.05) is 0 Å². The quantitative estimate of drug-likeness (QED) is 0.150. The summed E-state index contributed by atoms with van der Waals surface area (Å²) in [6, 6.07) is 0. The molecule has 12 heteroatoms. The molecule has 0 saturated carbocycles. The zero-order chi connectivity index (χ0) is 21.9. The molecule has 0 aromatic rings. The van der Waals surface area contributed by atoms with Gasteiger partial charge in [0, 0.05) is 31.7 Å². The number of aliphatic carboxylic acids is 2. The van der Waals surface area contributed by atoms with Crippen LogP contribution in [0.5, 0.6) is 0 Å². The smallest absolute Gasteiger partial charge is 0.310 e. The molecule has 0 aliphatic heterocycles. The molecule has 0 unspecified atom stereocenters. The number of amides is 2. The van der Waals surface area contributed by atoms with Crippen LogP contribution in [0.2, 0.25) is 0 Å². The van der Waals surface area contributed by atoms with Crippen LogP contribution in [-0.4, -0.2) is 90.8 Å². The molecule has 0 bridgehead atoms. The van der Waals surface area contributed by atoms with Gasteiger partial charge in [-0.25, -0.2) is 0 Å². The summed E-state index contributed by atoms with van der Waals surface area (Å²) < 4.78 is 10.4. The first kappa shape index (κ1) is 26.8. The SMILES string of the molecule is O=C(O)CCSCC(=O)NCCC(=O)NCCOCCOCCC(=O)CC(=O)O. The van der Waals surface area contributed by atoms with Crippen LogP contribution in [0, 0.1) is 0 Å². The molecule has 4 N–H and O–H groups in total. The van der Waals surface area contributed by atoms with Crippen molar-refractivity contribution in [1.29, 1.82) is 0 Å². The minimum atomic E-state index is -1.16. The summed E-state index contributed by atoms with van der Waals surface area (Å²) in [5.74, 6) is -2.43. The van der Waals surface area contributed by atoms with E-state index in [1.165, 1.54) is 11.8 Å². The molecule has 0 aromatic carbocycles. The van der Waals surface area contributed by atoms with Gasteiger partial charge in [-0.1, -0.05) is 0 Å². The monoisotopic (exact) mass is 436 g/mol. The van der Waals surface area contributed by atoms with Gasteiger partial charge >= 0.3 is 11.9 Å². The summed E-state index contributed by atoms with van der Waals surface area (Å²) in [5, 5.41) is 22.1. The summed E-state index contributed by atoms with van der Waals surface area (Å²) in [6.07, 6.45) is -0.338. The number of Topliss-reactive ketones (excluding diaryl/α,β-unsaturated/α-hetero) is 1. The van der Waals surface area contributed by atoms with Crippen molar-refractivity contribution in [2.75, 3.05) is 51.0 Å². The third-order valence-electron chi connectivity index (χ3n) is 3.18. The number of rotatable bonds is 19. The second-order valence-electron chi connectivity index (χ2n) is 5.73. The van der Waals surface area contributed by atoms with Gasteiger partial charge in [0.05, 0.1) is 38.6 Å². The summed E-state index contributed by atoms with van der Waals surface area (Å²) >= 11 is 1.22. The maximum atomic E-state index is 11.6. The van der Waals surface area contributed by atoms with Gasteiger partial charge in [-0.15, -0.1) is 0 Å². The van der Waals surface area contributed by atoms with Crippen molar-refractivity contribution in [1.82, 2.24) is 10.6 Å². The fourth-order valence-corrected chi connectivity index (χ4v) is 2.56. The number of carboxylic acid groups (broad SMARTS) is 2. The van der Waals surface area contributed by atoms with Crippen molar-refractivity contribution >= 4 is 41.3 Å². The minimum absolute atomic E-state index is 0.00101. The normalized spacial score (nSPS) is 10.3. The van der Waals surface area contributed by atoms with Crippen molar-refractivity contribution in [3.63, 3.8) is 0 Å². The molecule has 0 radical (unpaired) electrons. The molecule has 0 aliphatic rings. The highest BCUT2D eigenvalue weighted by Crippen LogP contribution is 2.01. The molecule has 0 spiro atoms. The Labute approximate surface area is 172 Å². The van der Waals surface area contributed by atoms with Gasteiger partial charge in [0.1, 0.15) is 12.2 Å². The summed E-state index contributed by atoms with van der Waals surface area (Å²) in [4.78, 5) is 54.8. The largest absolute Gasteiger partial charge is 0.481 e. The van der Waals surface area contributed by atoms with Crippen molar-refractivity contribution in [3.05, 3.63) is 0 Å². The van der Waals surface area contributed by atoms with Crippen molar-refractivity contribution in [3.8, 4) is 0 Å². The van der Waals surface area contributed by atoms with E-state index in [2.05, 4.69) is 10.6 Å². The van der Waals surface area contributed by atoms with Crippen LogP contribution in [0.3, 0.4) is 0 Å². The fraction of sp³-hybridized carbons (Fsp3) is 0.706. The Kier molecular flexibility index (Phi) is 16.5. The number of ether oxygens (including phenoxy) is 2. The molecular weight excluding hydrogens is 408 g/mol. The zero-order valence-corrected chi connectivity index (χ0v) is 17.0. The van der Waals surface area contributed by atoms with Crippen LogP contribution >= 0.6 is 11.8 Å². The number of carboxylic acids is 2. The van der Waals surface area contributed by atoms with Crippen LogP contribution < -0.4 is 10.6 Å². The maximum absolute atomic E-state index is 11.6. The molecule has 0 atom stereocenters. The standard InChI is InChI=1S/C17H28N2O9S/c20-13(11-17(25)26)2-6-27-8-9-28-7-5-19-14(21)1-4-18-15(22)12-29-10-3-16(23)24/h1-12H2,(H,18,22)(H,19,21)(H,23,24)(H,25,26). The first-order valence-corrected chi connectivity index (χ1v) is 10.2. The third-order valence-corrected chi connectivity index (χ3v) is 4.14. The number of hydrogen-bond acceptors (Lipinski definition) is 8. The highest BCUT2D eigenvalue weighted by Gasteiger charge is 2.07. The predicted molar refractivity (Wildman–Crippen MR) is 104 cm³/mol. The number of ketones is 1. The zero-order valence-electron chi connectivity index (χ0n) is 16.1. The lowest BCUT2D eigenvalue weighted by Gasteiger charge is -2.08. The van der Waals surface area contributed by atoms with E-state index in [0.29, 0.717) is 12.3 Å². The molecule has 0 aromatic heterocycles. The molecule has 0 fully saturated rings. The van der Waals surface area contributed by atoms with E-state index in [9.17, 15) is 24.0 Å². The average molecular weight is 436 g/mol. The third kappa shape index (κ3) is 20.4. The summed E-state index contributed by atoms with van der Waals surface area (Å²) in [7, 11) is 0. The number of carbonyl (C=O) groups excluding carboxylic acids is 3. The Bertz CT molecular complexity index is 543. The van der Waals surface area contributed by atoms with Gasteiger partial charge in [-0.3, -0.25) is 24.0 Å². The molecule has 0 rings (SSSR count). The van der Waals surface area contributed by atoms with Gasteiger partial charge in [0.2, 0.25) is 11.8 Å².